The molecular formula is C12H20N2O5. The van der Waals surface area contributed by atoms with Crippen molar-refractivity contribution in [3.05, 3.63) is 0 Å². The molecule has 1 heterocycles. The topological polar surface area (TPSA) is 95.9 Å². The van der Waals surface area contributed by atoms with Gasteiger partial charge in [-0.1, -0.05) is 0 Å². The van der Waals surface area contributed by atoms with Crippen LogP contribution in [0.2, 0.25) is 0 Å². The fourth-order valence-corrected chi connectivity index (χ4v) is 1.99. The first-order valence-electron chi connectivity index (χ1n) is 6.44. The van der Waals surface area contributed by atoms with E-state index in [2.05, 4.69) is 5.32 Å². The number of carboxylic acid groups (broad SMARTS) is 1. The van der Waals surface area contributed by atoms with Gasteiger partial charge in [0.2, 0.25) is 0 Å². The normalized spacial score (nSPS) is 20.5. The average molecular weight is 272 g/mol. The highest BCUT2D eigenvalue weighted by Crippen LogP contribution is 2.18. The minimum atomic E-state index is -1.11. The molecule has 2 atom stereocenters. The number of hydrogen-bond acceptors (Lipinski definition) is 4. The SMILES string of the molecule is CCOC(=O)C1CCCCN1C(=O)NC(C)C(=O)O. The summed E-state index contributed by atoms with van der Waals surface area (Å²) in [5.41, 5.74) is 0. The summed E-state index contributed by atoms with van der Waals surface area (Å²) < 4.78 is 4.94. The summed E-state index contributed by atoms with van der Waals surface area (Å²) in [4.78, 5) is 35.8. The molecule has 1 rings (SSSR count). The van der Waals surface area contributed by atoms with Crippen molar-refractivity contribution in [2.24, 2.45) is 0 Å². The molecule has 7 heteroatoms. The van der Waals surface area contributed by atoms with Crippen LogP contribution in [0.3, 0.4) is 0 Å². The minimum Gasteiger partial charge on any atom is -0.480 e. The summed E-state index contributed by atoms with van der Waals surface area (Å²) in [6.45, 7) is 3.78. The Kier molecular flexibility index (Phi) is 5.59. The molecule has 2 N–H and O–H groups in total. The van der Waals surface area contributed by atoms with Crippen molar-refractivity contribution in [2.45, 2.75) is 45.2 Å². The third-order valence-corrected chi connectivity index (χ3v) is 3.03. The molecule has 0 aromatic heterocycles. The zero-order valence-electron chi connectivity index (χ0n) is 11.2. The highest BCUT2D eigenvalue weighted by atomic mass is 16.5. The summed E-state index contributed by atoms with van der Waals surface area (Å²) in [5.74, 6) is -1.54. The Balaban J connectivity index is 2.68. The van der Waals surface area contributed by atoms with E-state index in [1.807, 2.05) is 0 Å². The monoisotopic (exact) mass is 272 g/mol. The first-order chi connectivity index (χ1) is 8.97. The molecule has 108 valence electrons. The van der Waals surface area contributed by atoms with Gasteiger partial charge < -0.3 is 20.1 Å². The van der Waals surface area contributed by atoms with Crippen LogP contribution in [0.1, 0.15) is 33.1 Å². The molecule has 1 saturated heterocycles. The Morgan fingerprint density at radius 1 is 1.42 bits per heavy atom. The molecule has 0 saturated carbocycles. The van der Waals surface area contributed by atoms with Crippen LogP contribution < -0.4 is 5.32 Å². The third-order valence-electron chi connectivity index (χ3n) is 3.03. The lowest BCUT2D eigenvalue weighted by Gasteiger charge is -2.34. The van der Waals surface area contributed by atoms with Gasteiger partial charge in [-0.3, -0.25) is 4.79 Å². The van der Waals surface area contributed by atoms with Crippen molar-refractivity contribution in [3.8, 4) is 0 Å². The number of urea groups is 1. The second-order valence-corrected chi connectivity index (χ2v) is 4.47. The average Bonchev–Trinajstić information content (AvgIpc) is 2.38. The van der Waals surface area contributed by atoms with Gasteiger partial charge >= 0.3 is 18.0 Å². The van der Waals surface area contributed by atoms with Crippen LogP contribution in [0, 0.1) is 0 Å². The summed E-state index contributed by atoms with van der Waals surface area (Å²) in [7, 11) is 0. The first kappa shape index (κ1) is 15.3. The number of carbonyl (C=O) groups is 3. The van der Waals surface area contributed by atoms with Gasteiger partial charge in [0.1, 0.15) is 12.1 Å². The number of esters is 1. The van der Waals surface area contributed by atoms with E-state index in [0.717, 1.165) is 12.8 Å². The van der Waals surface area contributed by atoms with E-state index >= 15 is 0 Å². The van der Waals surface area contributed by atoms with Crippen molar-refractivity contribution in [1.82, 2.24) is 10.2 Å². The molecule has 0 spiro atoms. The smallest absolute Gasteiger partial charge is 0.328 e. The van der Waals surface area contributed by atoms with Crippen LogP contribution in [0.4, 0.5) is 4.79 Å². The summed E-state index contributed by atoms with van der Waals surface area (Å²) in [6.07, 6.45) is 2.19. The van der Waals surface area contributed by atoms with Crippen molar-refractivity contribution in [2.75, 3.05) is 13.2 Å². The molecule has 0 aliphatic carbocycles. The second kappa shape index (κ2) is 6.96. The van der Waals surface area contributed by atoms with Crippen LogP contribution >= 0.6 is 0 Å². The molecule has 19 heavy (non-hydrogen) atoms. The van der Waals surface area contributed by atoms with E-state index in [1.165, 1.54) is 11.8 Å². The van der Waals surface area contributed by atoms with Gasteiger partial charge in [-0.25, -0.2) is 9.59 Å². The van der Waals surface area contributed by atoms with Crippen molar-refractivity contribution in [3.63, 3.8) is 0 Å². The quantitative estimate of drug-likeness (QED) is 0.730. The van der Waals surface area contributed by atoms with Gasteiger partial charge in [0.25, 0.3) is 0 Å². The molecule has 2 unspecified atom stereocenters. The van der Waals surface area contributed by atoms with Gasteiger partial charge in [0, 0.05) is 6.54 Å². The number of carbonyl (C=O) groups excluding carboxylic acids is 2. The number of hydrogen-bond donors (Lipinski definition) is 2. The highest BCUT2D eigenvalue weighted by Gasteiger charge is 2.34. The Morgan fingerprint density at radius 3 is 2.68 bits per heavy atom. The van der Waals surface area contributed by atoms with Gasteiger partial charge in [0.15, 0.2) is 0 Å². The molecule has 7 nitrogen and oxygen atoms in total. The van der Waals surface area contributed by atoms with E-state index in [1.54, 1.807) is 6.92 Å². The van der Waals surface area contributed by atoms with Crippen LogP contribution in [0.5, 0.6) is 0 Å². The Morgan fingerprint density at radius 2 is 2.11 bits per heavy atom. The van der Waals surface area contributed by atoms with Crippen molar-refractivity contribution < 1.29 is 24.2 Å². The fourth-order valence-electron chi connectivity index (χ4n) is 1.99. The van der Waals surface area contributed by atoms with Crippen LogP contribution in [0.25, 0.3) is 0 Å². The number of ether oxygens (including phenoxy) is 1. The van der Waals surface area contributed by atoms with Crippen LogP contribution in [-0.2, 0) is 14.3 Å². The zero-order chi connectivity index (χ0) is 14.4. The summed E-state index contributed by atoms with van der Waals surface area (Å²) >= 11 is 0. The van der Waals surface area contributed by atoms with Crippen molar-refractivity contribution >= 4 is 18.0 Å². The Hall–Kier alpha value is -1.79. The molecule has 0 aromatic rings. The van der Waals surface area contributed by atoms with Crippen LogP contribution in [-0.4, -0.2) is 53.2 Å². The number of carboxylic acids is 1. The van der Waals surface area contributed by atoms with E-state index in [0.29, 0.717) is 13.0 Å². The van der Waals surface area contributed by atoms with Crippen molar-refractivity contribution in [1.29, 1.82) is 0 Å². The van der Waals surface area contributed by atoms with E-state index in [4.69, 9.17) is 9.84 Å². The number of rotatable bonds is 4. The van der Waals surface area contributed by atoms with E-state index < -0.39 is 30.1 Å². The maximum absolute atomic E-state index is 12.0. The fraction of sp³-hybridized carbons (Fsp3) is 0.750. The molecule has 0 radical (unpaired) electrons. The summed E-state index contributed by atoms with van der Waals surface area (Å²) in [6, 6.07) is -2.14. The number of aliphatic carboxylic acids is 1. The van der Waals surface area contributed by atoms with Crippen LogP contribution in [0.15, 0.2) is 0 Å². The third kappa shape index (κ3) is 4.11. The number of likely N-dealkylation sites (tertiary alicyclic amines) is 1. The van der Waals surface area contributed by atoms with E-state index in [-0.39, 0.29) is 6.61 Å². The van der Waals surface area contributed by atoms with E-state index in [9.17, 15) is 14.4 Å². The molecule has 0 aromatic carbocycles. The zero-order valence-corrected chi connectivity index (χ0v) is 11.2. The molecule has 1 aliphatic rings. The number of nitrogens with zero attached hydrogens (tertiary/aromatic N) is 1. The minimum absolute atomic E-state index is 0.260. The molecule has 1 aliphatic heterocycles. The number of amides is 2. The number of nitrogens with one attached hydrogen (secondary N) is 1. The second-order valence-electron chi connectivity index (χ2n) is 4.47. The molecule has 1 fully saturated rings. The Labute approximate surface area is 111 Å². The molecule has 0 bridgehead atoms. The van der Waals surface area contributed by atoms with Gasteiger partial charge in [-0.15, -0.1) is 0 Å². The predicted molar refractivity (Wildman–Crippen MR) is 66.6 cm³/mol. The number of piperidine rings is 1. The van der Waals surface area contributed by atoms with Gasteiger partial charge in [0.05, 0.1) is 6.61 Å². The first-order valence-corrected chi connectivity index (χ1v) is 6.44. The summed E-state index contributed by atoms with van der Waals surface area (Å²) in [5, 5.41) is 11.1. The standard InChI is InChI=1S/C12H20N2O5/c1-3-19-11(17)9-6-4-5-7-14(9)12(18)13-8(2)10(15)16/h8-9H,3-7H2,1-2H3,(H,13,18)(H,15,16). The van der Waals surface area contributed by atoms with Gasteiger partial charge in [-0.05, 0) is 33.1 Å². The predicted octanol–water partition coefficient (Wildman–Crippen LogP) is 0.587. The lowest BCUT2D eigenvalue weighted by molar-refractivity contribution is -0.149. The maximum atomic E-state index is 12.0. The lowest BCUT2D eigenvalue weighted by atomic mass is 10.0. The maximum Gasteiger partial charge on any atom is 0.328 e. The largest absolute Gasteiger partial charge is 0.480 e. The molecule has 2 amide bonds. The molecular weight excluding hydrogens is 252 g/mol. The van der Waals surface area contributed by atoms with Gasteiger partial charge in [-0.2, -0.15) is 0 Å². The Bertz CT molecular complexity index is 358. The lowest BCUT2D eigenvalue weighted by Crippen LogP contribution is -2.54. The highest BCUT2D eigenvalue weighted by molar-refractivity contribution is 5.86.